The molecule has 1 unspecified atom stereocenters. The number of carbonyl (C=O) groups excluding carboxylic acids is 1. The number of rotatable bonds is 6. The van der Waals surface area contributed by atoms with Crippen LogP contribution in [0.3, 0.4) is 0 Å². The fourth-order valence-corrected chi connectivity index (χ4v) is 1.82. The maximum absolute atomic E-state index is 12.0. The van der Waals surface area contributed by atoms with E-state index in [1.54, 1.807) is 12.1 Å². The van der Waals surface area contributed by atoms with Crippen LogP contribution in [0.4, 0.5) is 0 Å². The summed E-state index contributed by atoms with van der Waals surface area (Å²) < 4.78 is 5.80. The summed E-state index contributed by atoms with van der Waals surface area (Å²) in [5.74, 6) is -1.43. The van der Waals surface area contributed by atoms with E-state index in [4.69, 9.17) is 14.9 Å². The first-order chi connectivity index (χ1) is 8.99. The van der Waals surface area contributed by atoms with Gasteiger partial charge in [-0.3, -0.25) is 4.79 Å². The third-order valence-electron chi connectivity index (χ3n) is 2.43. The van der Waals surface area contributed by atoms with Gasteiger partial charge in [0, 0.05) is 17.5 Å². The number of carboxylic acid groups (broad SMARTS) is 1. The zero-order chi connectivity index (χ0) is 14.4. The Morgan fingerprint density at radius 2 is 2.16 bits per heavy atom. The molecule has 0 heterocycles. The lowest BCUT2D eigenvalue weighted by atomic mass is 10.1. The van der Waals surface area contributed by atoms with Gasteiger partial charge in [-0.15, -0.1) is 0 Å². The summed E-state index contributed by atoms with van der Waals surface area (Å²) in [6.07, 6.45) is -0.0556. The van der Waals surface area contributed by atoms with Crippen LogP contribution in [0.5, 0.6) is 5.75 Å². The predicted molar refractivity (Wildman–Crippen MR) is 71.3 cm³/mol. The van der Waals surface area contributed by atoms with E-state index in [0.29, 0.717) is 5.75 Å². The number of benzene rings is 1. The Labute approximate surface area is 118 Å². The molecule has 0 saturated heterocycles. The van der Waals surface area contributed by atoms with Crippen LogP contribution >= 0.6 is 15.9 Å². The molecule has 6 nitrogen and oxygen atoms in total. The van der Waals surface area contributed by atoms with E-state index >= 15 is 0 Å². The van der Waals surface area contributed by atoms with Crippen molar-refractivity contribution in [3.63, 3.8) is 0 Å². The van der Waals surface area contributed by atoms with E-state index in [9.17, 15) is 9.59 Å². The second-order valence-corrected chi connectivity index (χ2v) is 4.64. The second kappa shape index (κ2) is 7.10. The Morgan fingerprint density at radius 3 is 2.68 bits per heavy atom. The van der Waals surface area contributed by atoms with Crippen LogP contribution in [0, 0.1) is 0 Å². The molecule has 1 aromatic carbocycles. The van der Waals surface area contributed by atoms with Gasteiger partial charge in [0.2, 0.25) is 0 Å². The van der Waals surface area contributed by atoms with Gasteiger partial charge in [-0.05, 0) is 18.2 Å². The molecule has 0 radical (unpaired) electrons. The number of ether oxygens (including phenoxy) is 1. The third-order valence-corrected chi connectivity index (χ3v) is 2.92. The zero-order valence-corrected chi connectivity index (χ0v) is 11.8. The average molecular weight is 332 g/mol. The SMILES string of the molecule is COc1cc(Br)ccc1C(=O)NC(CCO)C(=O)O. The Hall–Kier alpha value is -1.60. The molecular weight excluding hydrogens is 318 g/mol. The summed E-state index contributed by atoms with van der Waals surface area (Å²) in [6, 6.07) is 3.65. The maximum Gasteiger partial charge on any atom is 0.326 e. The fourth-order valence-electron chi connectivity index (χ4n) is 1.48. The Morgan fingerprint density at radius 1 is 1.47 bits per heavy atom. The highest BCUT2D eigenvalue weighted by molar-refractivity contribution is 9.10. The Bertz CT molecular complexity index is 477. The molecule has 0 fully saturated rings. The molecule has 0 aliphatic heterocycles. The van der Waals surface area contributed by atoms with Crippen LogP contribution < -0.4 is 10.1 Å². The molecule has 1 rings (SSSR count). The van der Waals surface area contributed by atoms with E-state index in [0.717, 1.165) is 4.47 Å². The predicted octanol–water partition coefficient (Wildman–Crippen LogP) is 1.02. The summed E-state index contributed by atoms with van der Waals surface area (Å²) in [6.45, 7) is -0.325. The molecule has 0 aliphatic rings. The van der Waals surface area contributed by atoms with Gasteiger partial charge in [0.05, 0.1) is 12.7 Å². The number of hydrogen-bond acceptors (Lipinski definition) is 4. The smallest absolute Gasteiger partial charge is 0.326 e. The number of aliphatic hydroxyl groups is 1. The van der Waals surface area contributed by atoms with Gasteiger partial charge in [-0.25, -0.2) is 4.79 Å². The standard InChI is InChI=1S/C12H14BrNO5/c1-19-10-6-7(13)2-3-8(10)11(16)14-9(4-5-15)12(17)18/h2-3,6,9,15H,4-5H2,1H3,(H,14,16)(H,17,18). The number of aliphatic carboxylic acids is 1. The van der Waals surface area contributed by atoms with E-state index < -0.39 is 17.9 Å². The number of halogens is 1. The monoisotopic (exact) mass is 331 g/mol. The highest BCUT2D eigenvalue weighted by Crippen LogP contribution is 2.23. The molecule has 104 valence electrons. The summed E-state index contributed by atoms with van der Waals surface area (Å²) in [7, 11) is 1.42. The van der Waals surface area contributed by atoms with Gasteiger partial charge < -0.3 is 20.3 Å². The van der Waals surface area contributed by atoms with Crippen molar-refractivity contribution in [2.75, 3.05) is 13.7 Å². The first kappa shape index (κ1) is 15.5. The molecule has 19 heavy (non-hydrogen) atoms. The zero-order valence-electron chi connectivity index (χ0n) is 10.2. The van der Waals surface area contributed by atoms with E-state index in [2.05, 4.69) is 21.2 Å². The first-order valence-electron chi connectivity index (χ1n) is 5.47. The molecule has 0 bridgehead atoms. The van der Waals surface area contributed by atoms with E-state index in [1.165, 1.54) is 13.2 Å². The van der Waals surface area contributed by atoms with Crippen molar-refractivity contribution >= 4 is 27.8 Å². The quantitative estimate of drug-likeness (QED) is 0.723. The van der Waals surface area contributed by atoms with Crippen LogP contribution in [-0.2, 0) is 4.79 Å². The minimum Gasteiger partial charge on any atom is -0.496 e. The number of amides is 1. The van der Waals surface area contributed by atoms with Crippen molar-refractivity contribution < 1.29 is 24.5 Å². The largest absolute Gasteiger partial charge is 0.496 e. The molecule has 1 aromatic rings. The van der Waals surface area contributed by atoms with Gasteiger partial charge in [-0.1, -0.05) is 15.9 Å². The Balaban J connectivity index is 2.91. The van der Waals surface area contributed by atoms with E-state index in [-0.39, 0.29) is 18.6 Å². The molecule has 7 heteroatoms. The molecule has 0 spiro atoms. The molecule has 0 aliphatic carbocycles. The summed E-state index contributed by atoms with van der Waals surface area (Å²) in [5, 5.41) is 20.0. The summed E-state index contributed by atoms with van der Waals surface area (Å²) >= 11 is 3.25. The van der Waals surface area contributed by atoms with Crippen LogP contribution in [0.15, 0.2) is 22.7 Å². The van der Waals surface area contributed by atoms with Crippen molar-refractivity contribution in [1.82, 2.24) is 5.32 Å². The lowest BCUT2D eigenvalue weighted by molar-refractivity contribution is -0.139. The van der Waals surface area contributed by atoms with Gasteiger partial charge in [0.25, 0.3) is 5.91 Å². The lowest BCUT2D eigenvalue weighted by Crippen LogP contribution is -2.41. The minimum atomic E-state index is -1.20. The van der Waals surface area contributed by atoms with Crippen LogP contribution in [0.1, 0.15) is 16.8 Å². The van der Waals surface area contributed by atoms with Crippen LogP contribution in [0.25, 0.3) is 0 Å². The molecule has 3 N–H and O–H groups in total. The maximum atomic E-state index is 12.0. The van der Waals surface area contributed by atoms with Crippen molar-refractivity contribution in [1.29, 1.82) is 0 Å². The van der Waals surface area contributed by atoms with Crippen molar-refractivity contribution in [3.8, 4) is 5.75 Å². The lowest BCUT2D eigenvalue weighted by Gasteiger charge is -2.14. The van der Waals surface area contributed by atoms with Crippen molar-refractivity contribution in [3.05, 3.63) is 28.2 Å². The number of aliphatic hydroxyl groups excluding tert-OH is 1. The van der Waals surface area contributed by atoms with Crippen LogP contribution in [-0.4, -0.2) is 41.8 Å². The number of hydrogen-bond donors (Lipinski definition) is 3. The molecule has 1 atom stereocenters. The van der Waals surface area contributed by atoms with E-state index in [1.807, 2.05) is 0 Å². The number of nitrogens with one attached hydrogen (secondary N) is 1. The molecule has 1 amide bonds. The van der Waals surface area contributed by atoms with Gasteiger partial charge in [0.1, 0.15) is 11.8 Å². The van der Waals surface area contributed by atoms with Gasteiger partial charge in [-0.2, -0.15) is 0 Å². The molecule has 0 saturated carbocycles. The number of methoxy groups -OCH3 is 1. The molecule has 0 aromatic heterocycles. The molecular formula is C12H14BrNO5. The summed E-state index contributed by atoms with van der Waals surface area (Å²) in [4.78, 5) is 22.9. The minimum absolute atomic E-state index is 0.0556. The third kappa shape index (κ3) is 4.22. The fraction of sp³-hybridized carbons (Fsp3) is 0.333. The number of carboxylic acids is 1. The average Bonchev–Trinajstić information content (AvgIpc) is 2.37. The number of carbonyl (C=O) groups is 2. The van der Waals surface area contributed by atoms with Gasteiger partial charge in [0.15, 0.2) is 0 Å². The first-order valence-corrected chi connectivity index (χ1v) is 6.27. The topological polar surface area (TPSA) is 95.9 Å². The van der Waals surface area contributed by atoms with Crippen molar-refractivity contribution in [2.45, 2.75) is 12.5 Å². The summed E-state index contributed by atoms with van der Waals surface area (Å²) in [5.41, 5.74) is 0.231. The highest BCUT2D eigenvalue weighted by Gasteiger charge is 2.21. The normalized spacial score (nSPS) is 11.7. The van der Waals surface area contributed by atoms with Crippen LogP contribution in [0.2, 0.25) is 0 Å². The van der Waals surface area contributed by atoms with Gasteiger partial charge >= 0.3 is 5.97 Å². The van der Waals surface area contributed by atoms with Crippen molar-refractivity contribution in [2.24, 2.45) is 0 Å². The highest BCUT2D eigenvalue weighted by atomic mass is 79.9. The Kier molecular flexibility index (Phi) is 5.78. The second-order valence-electron chi connectivity index (χ2n) is 3.72.